The van der Waals surface area contributed by atoms with Crippen molar-refractivity contribution in [2.45, 2.75) is 13.0 Å². The Morgan fingerprint density at radius 1 is 1.38 bits per heavy atom. The Morgan fingerprint density at radius 2 is 2.24 bits per heavy atom. The van der Waals surface area contributed by atoms with Gasteiger partial charge in [0.15, 0.2) is 0 Å². The molecule has 1 N–H and O–H groups in total. The van der Waals surface area contributed by atoms with E-state index in [1.807, 2.05) is 31.3 Å². The largest absolute Gasteiger partial charge is 0.419 e. The molecule has 1 aliphatic heterocycles. The minimum Gasteiger partial charge on any atom is -0.419 e. The van der Waals surface area contributed by atoms with Gasteiger partial charge in [0.25, 0.3) is 0 Å². The topological polar surface area (TPSA) is 54.2 Å². The molecule has 6 heteroatoms. The smallest absolute Gasteiger partial charge is 0.248 e. The van der Waals surface area contributed by atoms with Crippen molar-refractivity contribution in [3.63, 3.8) is 0 Å². The van der Waals surface area contributed by atoms with E-state index in [0.717, 1.165) is 42.1 Å². The second kappa shape index (κ2) is 6.68. The van der Waals surface area contributed by atoms with Gasteiger partial charge in [-0.25, -0.2) is 0 Å². The van der Waals surface area contributed by atoms with Gasteiger partial charge in [0.1, 0.15) is 0 Å². The monoisotopic (exact) mass is 350 g/mol. The van der Waals surface area contributed by atoms with Crippen molar-refractivity contribution in [3.8, 4) is 11.5 Å². The third-order valence-corrected chi connectivity index (χ3v) is 4.48. The van der Waals surface area contributed by atoms with Crippen LogP contribution in [0.1, 0.15) is 12.3 Å². The summed E-state index contributed by atoms with van der Waals surface area (Å²) in [5.74, 6) is 1.98. The fraction of sp³-hybridized carbons (Fsp3) is 0.467. The van der Waals surface area contributed by atoms with Gasteiger partial charge in [-0.2, -0.15) is 0 Å². The Kier molecular flexibility index (Phi) is 4.67. The molecule has 1 saturated heterocycles. The van der Waals surface area contributed by atoms with Crippen molar-refractivity contribution in [3.05, 3.63) is 34.6 Å². The molecular formula is C15H19BrN4O. The maximum Gasteiger partial charge on any atom is 0.248 e. The maximum atomic E-state index is 5.80. The molecule has 1 fully saturated rings. The molecule has 1 aromatic carbocycles. The van der Waals surface area contributed by atoms with E-state index in [1.165, 1.54) is 6.42 Å². The second-order valence-corrected chi connectivity index (χ2v) is 6.28. The number of nitrogens with one attached hydrogen (secondary N) is 1. The second-order valence-electron chi connectivity index (χ2n) is 5.43. The standard InChI is InChI=1S/C15H19BrN4O/c1-17-8-11-6-7-20(9-11)10-14-18-19-15(21-14)12-4-2-3-5-13(12)16/h2-5,11,17H,6-10H2,1H3. The molecule has 0 amide bonds. The summed E-state index contributed by atoms with van der Waals surface area (Å²) >= 11 is 3.51. The number of hydrogen-bond donors (Lipinski definition) is 1. The van der Waals surface area contributed by atoms with Crippen LogP contribution in [0.4, 0.5) is 0 Å². The first-order chi connectivity index (χ1) is 10.3. The van der Waals surface area contributed by atoms with E-state index in [4.69, 9.17) is 4.42 Å². The van der Waals surface area contributed by atoms with E-state index in [9.17, 15) is 0 Å². The van der Waals surface area contributed by atoms with E-state index >= 15 is 0 Å². The molecular weight excluding hydrogens is 332 g/mol. The van der Waals surface area contributed by atoms with Crippen LogP contribution in [0, 0.1) is 5.92 Å². The molecule has 5 nitrogen and oxygen atoms in total. The van der Waals surface area contributed by atoms with Gasteiger partial charge in [0.2, 0.25) is 11.8 Å². The molecule has 0 saturated carbocycles. The fourth-order valence-electron chi connectivity index (χ4n) is 2.76. The number of hydrogen-bond acceptors (Lipinski definition) is 5. The van der Waals surface area contributed by atoms with Crippen molar-refractivity contribution in [1.82, 2.24) is 20.4 Å². The van der Waals surface area contributed by atoms with Gasteiger partial charge in [-0.15, -0.1) is 10.2 Å². The first-order valence-corrected chi connectivity index (χ1v) is 8.00. The Labute approximate surface area is 132 Å². The van der Waals surface area contributed by atoms with Gasteiger partial charge < -0.3 is 9.73 Å². The van der Waals surface area contributed by atoms with Crippen molar-refractivity contribution < 1.29 is 4.42 Å². The van der Waals surface area contributed by atoms with E-state index in [-0.39, 0.29) is 0 Å². The van der Waals surface area contributed by atoms with E-state index in [2.05, 4.69) is 36.3 Å². The summed E-state index contributed by atoms with van der Waals surface area (Å²) in [6.07, 6.45) is 1.23. The van der Waals surface area contributed by atoms with Crippen LogP contribution in [-0.4, -0.2) is 41.8 Å². The summed E-state index contributed by atoms with van der Waals surface area (Å²) in [4.78, 5) is 2.37. The summed E-state index contributed by atoms with van der Waals surface area (Å²) < 4.78 is 6.77. The third-order valence-electron chi connectivity index (χ3n) is 3.79. The van der Waals surface area contributed by atoms with E-state index in [0.29, 0.717) is 11.8 Å². The summed E-state index contributed by atoms with van der Waals surface area (Å²) in [5, 5.41) is 11.6. The molecule has 0 radical (unpaired) electrons. The van der Waals surface area contributed by atoms with Crippen LogP contribution >= 0.6 is 15.9 Å². The zero-order valence-corrected chi connectivity index (χ0v) is 13.6. The molecule has 0 aliphatic carbocycles. The van der Waals surface area contributed by atoms with Gasteiger partial charge in [0.05, 0.1) is 12.1 Å². The summed E-state index contributed by atoms with van der Waals surface area (Å²) in [5.41, 5.74) is 0.936. The number of aromatic nitrogens is 2. The fourth-order valence-corrected chi connectivity index (χ4v) is 3.22. The van der Waals surface area contributed by atoms with Crippen LogP contribution in [-0.2, 0) is 6.54 Å². The number of rotatable bonds is 5. The highest BCUT2D eigenvalue weighted by Gasteiger charge is 2.23. The van der Waals surface area contributed by atoms with Crippen LogP contribution in [0.5, 0.6) is 0 Å². The van der Waals surface area contributed by atoms with Crippen molar-refractivity contribution in [2.75, 3.05) is 26.7 Å². The van der Waals surface area contributed by atoms with Crippen LogP contribution in [0.3, 0.4) is 0 Å². The minimum absolute atomic E-state index is 0.573. The maximum absolute atomic E-state index is 5.80. The molecule has 2 aromatic rings. The number of likely N-dealkylation sites (tertiary alicyclic amines) is 1. The van der Waals surface area contributed by atoms with Crippen LogP contribution < -0.4 is 5.32 Å². The Balaban J connectivity index is 1.65. The molecule has 112 valence electrons. The first-order valence-electron chi connectivity index (χ1n) is 7.20. The van der Waals surface area contributed by atoms with Gasteiger partial charge in [-0.1, -0.05) is 12.1 Å². The van der Waals surface area contributed by atoms with Crippen LogP contribution in [0.2, 0.25) is 0 Å². The SMILES string of the molecule is CNCC1CCN(Cc2nnc(-c3ccccc3Br)o2)C1. The zero-order valence-electron chi connectivity index (χ0n) is 12.1. The lowest BCUT2D eigenvalue weighted by molar-refractivity contribution is 0.281. The molecule has 1 aliphatic rings. The lowest BCUT2D eigenvalue weighted by atomic mass is 10.1. The highest BCUT2D eigenvalue weighted by Crippen LogP contribution is 2.27. The van der Waals surface area contributed by atoms with Gasteiger partial charge in [0, 0.05) is 11.0 Å². The van der Waals surface area contributed by atoms with Crippen molar-refractivity contribution in [1.29, 1.82) is 0 Å². The summed E-state index contributed by atoms with van der Waals surface area (Å²) in [7, 11) is 2.00. The number of benzene rings is 1. The van der Waals surface area contributed by atoms with Crippen LogP contribution in [0.15, 0.2) is 33.2 Å². The predicted molar refractivity (Wildman–Crippen MR) is 84.7 cm³/mol. The highest BCUT2D eigenvalue weighted by atomic mass is 79.9. The van der Waals surface area contributed by atoms with Gasteiger partial charge in [-0.05, 0) is 60.5 Å². The van der Waals surface area contributed by atoms with E-state index < -0.39 is 0 Å². The molecule has 0 spiro atoms. The summed E-state index contributed by atoms with van der Waals surface area (Å²) in [6.45, 7) is 3.99. The zero-order chi connectivity index (χ0) is 14.7. The molecule has 2 heterocycles. The normalized spacial score (nSPS) is 19.2. The average molecular weight is 351 g/mol. The average Bonchev–Trinajstić information content (AvgIpc) is 3.10. The lowest BCUT2D eigenvalue weighted by Gasteiger charge is -2.13. The Morgan fingerprint density at radius 3 is 3.05 bits per heavy atom. The summed E-state index contributed by atoms with van der Waals surface area (Å²) in [6, 6.07) is 7.88. The first kappa shape index (κ1) is 14.7. The number of halogens is 1. The highest BCUT2D eigenvalue weighted by molar-refractivity contribution is 9.10. The molecule has 21 heavy (non-hydrogen) atoms. The molecule has 1 unspecified atom stereocenters. The van der Waals surface area contributed by atoms with Crippen molar-refractivity contribution in [2.24, 2.45) is 5.92 Å². The van der Waals surface area contributed by atoms with E-state index in [1.54, 1.807) is 0 Å². The molecule has 1 atom stereocenters. The third kappa shape index (κ3) is 3.51. The predicted octanol–water partition coefficient (Wildman–Crippen LogP) is 2.54. The lowest BCUT2D eigenvalue weighted by Crippen LogP contribution is -2.24. The molecule has 1 aromatic heterocycles. The minimum atomic E-state index is 0.573. The van der Waals surface area contributed by atoms with Gasteiger partial charge in [-0.3, -0.25) is 4.90 Å². The van der Waals surface area contributed by atoms with Crippen LogP contribution in [0.25, 0.3) is 11.5 Å². The number of nitrogens with zero attached hydrogens (tertiary/aromatic N) is 3. The Hall–Kier alpha value is -1.24. The molecule has 0 bridgehead atoms. The van der Waals surface area contributed by atoms with Crippen molar-refractivity contribution >= 4 is 15.9 Å². The van der Waals surface area contributed by atoms with Gasteiger partial charge >= 0.3 is 0 Å². The molecule has 3 rings (SSSR count). The Bertz CT molecular complexity index is 601. The quantitative estimate of drug-likeness (QED) is 0.897.